The molecule has 0 spiro atoms. The van der Waals surface area contributed by atoms with Gasteiger partial charge in [-0.15, -0.1) is 0 Å². The highest BCUT2D eigenvalue weighted by Gasteiger charge is 2.41. The molecule has 0 unspecified atom stereocenters. The van der Waals surface area contributed by atoms with Gasteiger partial charge in [0.15, 0.2) is 0 Å². The zero-order chi connectivity index (χ0) is 30.5. The van der Waals surface area contributed by atoms with Gasteiger partial charge in [0.2, 0.25) is 5.91 Å². The lowest BCUT2D eigenvalue weighted by Gasteiger charge is -2.48. The number of amides is 4. The van der Waals surface area contributed by atoms with E-state index >= 15 is 0 Å². The van der Waals surface area contributed by atoms with Gasteiger partial charge in [-0.3, -0.25) is 4.79 Å². The molecule has 5 rings (SSSR count). The Hall–Kier alpha value is -2.52. The number of nitrogens with zero attached hydrogens (tertiary/aromatic N) is 4. The van der Waals surface area contributed by atoms with E-state index in [0.29, 0.717) is 37.7 Å². The first-order chi connectivity index (χ1) is 20.7. The molecule has 4 amide bonds. The molecule has 1 aromatic rings. The quantitative estimate of drug-likeness (QED) is 0.437. The first-order valence-electron chi connectivity index (χ1n) is 16.4. The molecule has 9 nitrogen and oxygen atoms in total. The number of carbonyl (C=O) groups is 3. The molecule has 238 valence electrons. The summed E-state index contributed by atoms with van der Waals surface area (Å²) in [5.41, 5.74) is 1.08. The number of halogens is 1. The summed E-state index contributed by atoms with van der Waals surface area (Å²) in [7, 11) is 3.69. The Balaban J connectivity index is 1.25. The largest absolute Gasteiger partial charge is 0.448 e. The van der Waals surface area contributed by atoms with Crippen molar-refractivity contribution in [1.82, 2.24) is 24.9 Å². The summed E-state index contributed by atoms with van der Waals surface area (Å²) in [4.78, 5) is 47.5. The van der Waals surface area contributed by atoms with Crippen molar-refractivity contribution in [2.45, 2.75) is 108 Å². The number of cyclic esters (lactones) is 1. The fourth-order valence-electron chi connectivity index (χ4n) is 7.78. The highest BCUT2D eigenvalue weighted by molar-refractivity contribution is 6.30. The molecule has 2 saturated carbocycles. The van der Waals surface area contributed by atoms with Crippen LogP contribution in [0.15, 0.2) is 24.3 Å². The highest BCUT2D eigenvalue weighted by Crippen LogP contribution is 2.32. The van der Waals surface area contributed by atoms with E-state index in [1.165, 1.54) is 19.3 Å². The predicted octanol–water partition coefficient (Wildman–Crippen LogP) is 5.16. The van der Waals surface area contributed by atoms with Gasteiger partial charge in [-0.05, 0) is 75.0 Å². The van der Waals surface area contributed by atoms with E-state index in [4.69, 9.17) is 16.3 Å². The predicted molar refractivity (Wildman–Crippen MR) is 168 cm³/mol. The lowest BCUT2D eigenvalue weighted by Crippen LogP contribution is -2.60. The van der Waals surface area contributed by atoms with E-state index in [9.17, 15) is 14.4 Å². The Morgan fingerprint density at radius 1 is 1.00 bits per heavy atom. The molecule has 0 aromatic heterocycles. The number of piperidine rings is 1. The first-order valence-corrected chi connectivity index (χ1v) is 16.8. The van der Waals surface area contributed by atoms with Crippen LogP contribution in [0.25, 0.3) is 0 Å². The summed E-state index contributed by atoms with van der Waals surface area (Å²) in [6.07, 6.45) is 10.6. The number of urea groups is 1. The minimum atomic E-state index is -0.346. The molecule has 1 N–H and O–H groups in total. The maximum absolute atomic E-state index is 14.2. The number of ether oxygens (including phenoxy) is 1. The summed E-state index contributed by atoms with van der Waals surface area (Å²) in [6.45, 7) is 4.66. The fraction of sp³-hybridized carbons (Fsp3) is 0.727. The Bertz CT molecular complexity index is 1100. The van der Waals surface area contributed by atoms with Gasteiger partial charge in [0.1, 0.15) is 6.61 Å². The van der Waals surface area contributed by atoms with Crippen LogP contribution in [-0.2, 0) is 16.0 Å². The van der Waals surface area contributed by atoms with E-state index < -0.39 is 0 Å². The van der Waals surface area contributed by atoms with Gasteiger partial charge < -0.3 is 29.7 Å². The highest BCUT2D eigenvalue weighted by atomic mass is 35.5. The van der Waals surface area contributed by atoms with Gasteiger partial charge in [0, 0.05) is 56.4 Å². The zero-order valence-electron chi connectivity index (χ0n) is 26.2. The summed E-state index contributed by atoms with van der Waals surface area (Å²) in [5.74, 6) is 0.323. The molecular weight excluding hydrogens is 566 g/mol. The molecule has 2 heterocycles. The fourth-order valence-corrected chi connectivity index (χ4v) is 7.90. The number of nitrogens with one attached hydrogen (secondary N) is 1. The van der Waals surface area contributed by atoms with Crippen LogP contribution >= 0.6 is 11.6 Å². The second kappa shape index (κ2) is 14.5. The van der Waals surface area contributed by atoms with Crippen molar-refractivity contribution in [1.29, 1.82) is 0 Å². The summed E-state index contributed by atoms with van der Waals surface area (Å²) in [6, 6.07) is 8.38. The lowest BCUT2D eigenvalue weighted by molar-refractivity contribution is -0.136. The molecule has 2 aliphatic carbocycles. The van der Waals surface area contributed by atoms with Crippen molar-refractivity contribution in [2.24, 2.45) is 5.92 Å². The summed E-state index contributed by atoms with van der Waals surface area (Å²) in [5, 5.41) is 4.43. The molecule has 10 heteroatoms. The van der Waals surface area contributed by atoms with Crippen LogP contribution < -0.4 is 5.32 Å². The molecule has 0 bridgehead atoms. The molecule has 4 aliphatic rings. The van der Waals surface area contributed by atoms with E-state index in [1.54, 1.807) is 4.90 Å². The topological polar surface area (TPSA) is 85.4 Å². The van der Waals surface area contributed by atoms with Crippen LogP contribution in [0.2, 0.25) is 5.02 Å². The minimum Gasteiger partial charge on any atom is -0.448 e. The van der Waals surface area contributed by atoms with E-state index in [2.05, 4.69) is 17.1 Å². The number of hydrogen-bond donors (Lipinski definition) is 1. The van der Waals surface area contributed by atoms with Crippen LogP contribution in [0.1, 0.15) is 76.7 Å². The van der Waals surface area contributed by atoms with Crippen molar-refractivity contribution in [2.75, 3.05) is 40.3 Å². The SMILES string of the molecule is C[C@H]1CN(C(=O)[C@@H](Cc2ccc(Cl)cc2)NC2CCC(N3CCOC3=O)CC2)CC[C@@H]1N(C(=O)N(C)C)C1CCCCC1. The molecule has 43 heavy (non-hydrogen) atoms. The maximum atomic E-state index is 14.2. The number of rotatable bonds is 8. The third kappa shape index (κ3) is 7.77. The van der Waals surface area contributed by atoms with Gasteiger partial charge in [0.05, 0.1) is 12.6 Å². The van der Waals surface area contributed by atoms with Crippen LogP contribution in [0.5, 0.6) is 0 Å². The van der Waals surface area contributed by atoms with Gasteiger partial charge in [-0.25, -0.2) is 9.59 Å². The standard InChI is InChI=1S/C33H50ClN5O4/c1-23-22-37(18-17-30(23)39(32(41)36(2)3)28-7-5-4-6-8-28)31(40)29(21-24-9-11-25(34)12-10-24)35-26-13-15-27(16-14-26)38-19-20-43-33(38)42/h9-12,23,26-30,35H,4-8,13-22H2,1-3H3/t23-,26?,27?,29+,30-/m0/s1. The first kappa shape index (κ1) is 31.9. The molecule has 2 saturated heterocycles. The number of likely N-dealkylation sites (tertiary alicyclic amines) is 1. The van der Waals surface area contributed by atoms with E-state index in [-0.39, 0.29) is 54.2 Å². The zero-order valence-corrected chi connectivity index (χ0v) is 26.9. The van der Waals surface area contributed by atoms with E-state index in [0.717, 1.165) is 50.5 Å². The molecule has 0 radical (unpaired) electrons. The van der Waals surface area contributed by atoms with Crippen LogP contribution in [0.4, 0.5) is 9.59 Å². The van der Waals surface area contributed by atoms with Crippen molar-refractivity contribution in [3.63, 3.8) is 0 Å². The third-order valence-electron chi connectivity index (χ3n) is 10.1. The lowest BCUT2D eigenvalue weighted by atomic mass is 9.87. The monoisotopic (exact) mass is 615 g/mol. The van der Waals surface area contributed by atoms with Crippen molar-refractivity contribution >= 4 is 29.6 Å². The Morgan fingerprint density at radius 3 is 2.30 bits per heavy atom. The summed E-state index contributed by atoms with van der Waals surface area (Å²) >= 11 is 6.16. The average molecular weight is 616 g/mol. The van der Waals surface area contributed by atoms with E-state index in [1.807, 2.05) is 48.2 Å². The van der Waals surface area contributed by atoms with Crippen molar-refractivity contribution in [3.05, 3.63) is 34.9 Å². The molecule has 3 atom stereocenters. The van der Waals surface area contributed by atoms with Gasteiger partial charge in [0.25, 0.3) is 0 Å². The Kier molecular flexibility index (Phi) is 10.8. The second-order valence-electron chi connectivity index (χ2n) is 13.4. The smallest absolute Gasteiger partial charge is 0.410 e. The normalized spacial score (nSPS) is 27.5. The number of hydrogen-bond acceptors (Lipinski definition) is 5. The van der Waals surface area contributed by atoms with Gasteiger partial charge in [-0.1, -0.05) is 49.9 Å². The van der Waals surface area contributed by atoms with Crippen LogP contribution in [0, 0.1) is 5.92 Å². The Morgan fingerprint density at radius 2 is 1.70 bits per heavy atom. The number of benzene rings is 1. The second-order valence-corrected chi connectivity index (χ2v) is 13.8. The van der Waals surface area contributed by atoms with Crippen molar-refractivity contribution < 1.29 is 19.1 Å². The summed E-state index contributed by atoms with van der Waals surface area (Å²) < 4.78 is 5.16. The molecule has 4 fully saturated rings. The molecule has 2 aliphatic heterocycles. The molecule has 1 aromatic carbocycles. The third-order valence-corrected chi connectivity index (χ3v) is 10.4. The Labute approximate surface area is 262 Å². The van der Waals surface area contributed by atoms with Crippen molar-refractivity contribution in [3.8, 4) is 0 Å². The maximum Gasteiger partial charge on any atom is 0.410 e. The van der Waals surface area contributed by atoms with Gasteiger partial charge in [-0.2, -0.15) is 0 Å². The number of carbonyl (C=O) groups excluding carboxylic acids is 3. The van der Waals surface area contributed by atoms with Gasteiger partial charge >= 0.3 is 12.1 Å². The van der Waals surface area contributed by atoms with Crippen LogP contribution in [0.3, 0.4) is 0 Å². The van der Waals surface area contributed by atoms with Crippen LogP contribution in [-0.4, -0.2) is 108 Å². The molecular formula is C33H50ClN5O4. The minimum absolute atomic E-state index is 0.101. The average Bonchev–Trinajstić information content (AvgIpc) is 3.45.